The average molecular weight is 213 g/mol. The average Bonchev–Trinajstić information content (AvgIpc) is 1.27. The van der Waals surface area contributed by atoms with Crippen LogP contribution in [0.25, 0.3) is 0 Å². The minimum absolute atomic E-state index is 0.205. The Morgan fingerprint density at radius 1 is 2.00 bits per heavy atom. The first-order chi connectivity index (χ1) is 3.13. The van der Waals surface area contributed by atoms with Gasteiger partial charge in [-0.3, -0.25) is 5.41 Å². The summed E-state index contributed by atoms with van der Waals surface area (Å²) < 4.78 is 1.82. The number of nitrogens with zero attached hydrogens (tertiary/aromatic N) is 1. The van der Waals surface area contributed by atoms with Gasteiger partial charge in [0.1, 0.15) is 5.84 Å². The molecule has 0 unspecified atom stereocenters. The number of rotatable bonds is 2. The van der Waals surface area contributed by atoms with Gasteiger partial charge in [-0.2, -0.15) is 0 Å². The first-order valence-electron chi connectivity index (χ1n) is 1.82. The fourth-order valence-electron chi connectivity index (χ4n) is 0.235. The molecule has 42 valence electrons. The third-order valence-corrected chi connectivity index (χ3v) is 0.729. The smallest absolute Gasteiger partial charge is 0.106 e. The van der Waals surface area contributed by atoms with Crippen molar-refractivity contribution in [2.45, 2.75) is 0 Å². The van der Waals surface area contributed by atoms with Gasteiger partial charge in [0.25, 0.3) is 0 Å². The van der Waals surface area contributed by atoms with Crippen molar-refractivity contribution < 1.29 is 0 Å². The van der Waals surface area contributed by atoms with Crippen LogP contribution in [-0.2, 0) is 0 Å². The van der Waals surface area contributed by atoms with Crippen LogP contribution < -0.4 is 5.73 Å². The fraction of sp³-hybridized carbons (Fsp3) is 0.667. The van der Waals surface area contributed by atoms with Crippen molar-refractivity contribution in [2.75, 3.05) is 13.6 Å². The summed E-state index contributed by atoms with van der Waals surface area (Å²) in [6.07, 6.45) is 0. The molecule has 0 saturated carbocycles. The molecule has 0 aliphatic carbocycles. The number of amidine groups is 1. The minimum Gasteiger partial charge on any atom is -0.387 e. The number of nitrogens with two attached hydrogens (primary N) is 1. The number of hydrogen-bond donors (Lipinski definition) is 2. The second-order valence-corrected chi connectivity index (χ2v) is 2.94. The van der Waals surface area contributed by atoms with Crippen LogP contribution in [0, 0.1) is 5.41 Å². The molecule has 0 bridgehead atoms. The Morgan fingerprint density at radius 3 is 2.43 bits per heavy atom. The number of likely N-dealkylation sites (N-methyl/N-ethyl adjacent to an activating group) is 1. The van der Waals surface area contributed by atoms with Gasteiger partial charge in [0, 0.05) is 22.9 Å². The molecule has 0 atom stereocenters. The number of halogens is 1. The van der Waals surface area contributed by atoms with Crippen molar-refractivity contribution in [1.29, 1.82) is 5.41 Å². The van der Waals surface area contributed by atoms with E-state index in [0.29, 0.717) is 6.54 Å². The van der Waals surface area contributed by atoms with E-state index in [0.717, 1.165) is 0 Å². The third-order valence-electron chi connectivity index (χ3n) is 0.388. The van der Waals surface area contributed by atoms with Crippen LogP contribution in [0.3, 0.4) is 0 Å². The summed E-state index contributed by atoms with van der Waals surface area (Å²) in [5.41, 5.74) is 5.03. The van der Waals surface area contributed by atoms with E-state index >= 15 is 0 Å². The van der Waals surface area contributed by atoms with E-state index < -0.39 is 0 Å². The third kappa shape index (κ3) is 6.16. The molecular formula is C3H8IN3. The van der Waals surface area contributed by atoms with Gasteiger partial charge in [-0.1, -0.05) is 0 Å². The second kappa shape index (κ2) is 3.20. The number of hydrogen-bond acceptors (Lipinski definition) is 2. The Labute approximate surface area is 56.9 Å². The lowest BCUT2D eigenvalue weighted by molar-refractivity contribution is 0.702. The summed E-state index contributed by atoms with van der Waals surface area (Å²) >= 11 is 2.07. The van der Waals surface area contributed by atoms with Gasteiger partial charge < -0.3 is 5.73 Å². The Kier molecular flexibility index (Phi) is 3.27. The summed E-state index contributed by atoms with van der Waals surface area (Å²) in [5, 5.41) is 6.76. The van der Waals surface area contributed by atoms with Gasteiger partial charge in [0.05, 0.1) is 6.54 Å². The molecule has 0 aromatic carbocycles. The lowest BCUT2D eigenvalue weighted by Crippen LogP contribution is -2.23. The predicted octanol–water partition coefficient (Wildman–Crippen LogP) is 0.204. The fourth-order valence-corrected chi connectivity index (χ4v) is 0.602. The van der Waals surface area contributed by atoms with Crippen molar-refractivity contribution in [3.63, 3.8) is 0 Å². The molecule has 0 radical (unpaired) electrons. The highest BCUT2D eigenvalue weighted by Crippen LogP contribution is 1.88. The molecule has 0 rings (SSSR count). The molecule has 3 N–H and O–H groups in total. The zero-order valence-electron chi connectivity index (χ0n) is 4.11. The second-order valence-electron chi connectivity index (χ2n) is 1.29. The molecule has 0 saturated heterocycles. The van der Waals surface area contributed by atoms with Crippen molar-refractivity contribution in [3.8, 4) is 0 Å². The molecule has 0 aliphatic rings. The van der Waals surface area contributed by atoms with Crippen LogP contribution >= 0.6 is 22.9 Å². The predicted molar refractivity (Wildman–Crippen MR) is 38.6 cm³/mol. The molecule has 4 heteroatoms. The van der Waals surface area contributed by atoms with Gasteiger partial charge in [-0.25, -0.2) is 3.11 Å². The van der Waals surface area contributed by atoms with Gasteiger partial charge >= 0.3 is 0 Å². The quantitative estimate of drug-likeness (QED) is 0.298. The Bertz CT molecular complexity index is 70.6. The molecule has 0 aromatic rings. The van der Waals surface area contributed by atoms with Crippen molar-refractivity contribution in [2.24, 2.45) is 5.73 Å². The summed E-state index contributed by atoms with van der Waals surface area (Å²) in [4.78, 5) is 0. The van der Waals surface area contributed by atoms with E-state index in [1.54, 1.807) is 0 Å². The highest BCUT2D eigenvalue weighted by molar-refractivity contribution is 14.1. The molecule has 3 nitrogen and oxygen atoms in total. The van der Waals surface area contributed by atoms with Crippen molar-refractivity contribution >= 4 is 28.7 Å². The summed E-state index contributed by atoms with van der Waals surface area (Å²) in [6.45, 7) is 0.542. The monoisotopic (exact) mass is 213 g/mol. The zero-order valence-corrected chi connectivity index (χ0v) is 6.27. The van der Waals surface area contributed by atoms with Crippen LogP contribution in [0.5, 0.6) is 0 Å². The first-order valence-corrected chi connectivity index (χ1v) is 2.79. The summed E-state index contributed by atoms with van der Waals surface area (Å²) in [6, 6.07) is 0. The van der Waals surface area contributed by atoms with E-state index in [1.165, 1.54) is 0 Å². The lowest BCUT2D eigenvalue weighted by Gasteiger charge is -2.02. The number of nitrogens with one attached hydrogen (secondary N) is 1. The summed E-state index contributed by atoms with van der Waals surface area (Å²) in [7, 11) is 1.86. The zero-order chi connectivity index (χ0) is 5.86. The van der Waals surface area contributed by atoms with Gasteiger partial charge in [-0.15, -0.1) is 0 Å². The van der Waals surface area contributed by atoms with E-state index in [9.17, 15) is 0 Å². The highest BCUT2D eigenvalue weighted by atomic mass is 127. The van der Waals surface area contributed by atoms with Crippen LogP contribution in [0.2, 0.25) is 0 Å². The van der Waals surface area contributed by atoms with Crippen LogP contribution in [0.4, 0.5) is 0 Å². The first kappa shape index (κ1) is 7.16. The lowest BCUT2D eigenvalue weighted by atomic mass is 10.6. The van der Waals surface area contributed by atoms with E-state index in [-0.39, 0.29) is 5.84 Å². The molecular weight excluding hydrogens is 205 g/mol. The molecule has 0 heterocycles. The highest BCUT2D eigenvalue weighted by Gasteiger charge is 1.89. The van der Waals surface area contributed by atoms with Gasteiger partial charge in [0.2, 0.25) is 0 Å². The molecule has 0 aliphatic heterocycles. The van der Waals surface area contributed by atoms with E-state index in [1.807, 2.05) is 10.2 Å². The Balaban J connectivity index is 3.13. The maximum atomic E-state index is 6.76. The molecule has 0 amide bonds. The van der Waals surface area contributed by atoms with E-state index in [4.69, 9.17) is 11.1 Å². The largest absolute Gasteiger partial charge is 0.387 e. The van der Waals surface area contributed by atoms with Gasteiger partial charge in [-0.05, 0) is 7.05 Å². The van der Waals surface area contributed by atoms with Crippen LogP contribution in [0.15, 0.2) is 0 Å². The maximum absolute atomic E-state index is 6.76. The van der Waals surface area contributed by atoms with Crippen molar-refractivity contribution in [1.82, 2.24) is 3.11 Å². The molecule has 0 aromatic heterocycles. The van der Waals surface area contributed by atoms with Crippen LogP contribution in [0.1, 0.15) is 0 Å². The topological polar surface area (TPSA) is 53.1 Å². The van der Waals surface area contributed by atoms with Crippen LogP contribution in [-0.4, -0.2) is 22.5 Å². The maximum Gasteiger partial charge on any atom is 0.106 e. The molecule has 0 spiro atoms. The Hall–Kier alpha value is 0.160. The standard InChI is InChI=1S/C3H8IN3/c1-7(4)2-3(5)6/h2H2,1H3,(H3,5,6). The van der Waals surface area contributed by atoms with Gasteiger partial charge in [0.15, 0.2) is 0 Å². The van der Waals surface area contributed by atoms with E-state index in [2.05, 4.69) is 22.9 Å². The molecule has 7 heavy (non-hydrogen) atoms. The summed E-state index contributed by atoms with van der Waals surface area (Å²) in [5.74, 6) is 0.205. The molecule has 0 fully saturated rings. The normalized spacial score (nSPS) is 9.57. The van der Waals surface area contributed by atoms with Crippen molar-refractivity contribution in [3.05, 3.63) is 0 Å². The Morgan fingerprint density at radius 2 is 2.43 bits per heavy atom. The SMILES string of the molecule is CN(I)CC(=N)N. The minimum atomic E-state index is 0.205.